The van der Waals surface area contributed by atoms with Crippen LogP contribution in [0.15, 0.2) is 76.3 Å². The first-order chi connectivity index (χ1) is 17.1. The minimum Gasteiger partial charge on any atom is -0.439 e. The number of pyridine rings is 1. The van der Waals surface area contributed by atoms with E-state index in [9.17, 15) is 8.42 Å². The normalized spacial score (nSPS) is 11.7. The van der Waals surface area contributed by atoms with E-state index in [1.165, 1.54) is 6.26 Å². The summed E-state index contributed by atoms with van der Waals surface area (Å²) in [5, 5.41) is 0.535. The van der Waals surface area contributed by atoms with Crippen LogP contribution < -0.4 is 0 Å². The summed E-state index contributed by atoms with van der Waals surface area (Å²) in [6, 6.07) is 16.2. The Kier molecular flexibility index (Phi) is 6.02. The molecule has 0 aliphatic carbocycles. The van der Waals surface area contributed by atoms with Gasteiger partial charge in [-0.3, -0.25) is 4.98 Å². The van der Waals surface area contributed by atoms with Gasteiger partial charge in [0.15, 0.2) is 21.5 Å². The fourth-order valence-corrected chi connectivity index (χ4v) is 5.02. The second-order valence-corrected chi connectivity index (χ2v) is 11.1. The molecule has 9 heteroatoms. The van der Waals surface area contributed by atoms with E-state index in [4.69, 9.17) is 21.0 Å². The Bertz CT molecular complexity index is 1720. The maximum Gasteiger partial charge on any atom is 0.192 e. The standard InChI is InChI=1S/C27H23ClN4O3S/c1-16-15-32(17(2)30-16)25-9-8-20(19-6-5-7-22(12-19)36(4,33)34)13-23(25)26-27(35-18(3)31-26)24-14-21(28)10-11-29-24/h5-15H,1-4H3. The van der Waals surface area contributed by atoms with E-state index in [0.717, 1.165) is 33.9 Å². The molecule has 0 spiro atoms. The lowest BCUT2D eigenvalue weighted by molar-refractivity contribution is 0.533. The minimum absolute atomic E-state index is 0.257. The summed E-state index contributed by atoms with van der Waals surface area (Å²) in [7, 11) is -3.35. The highest BCUT2D eigenvalue weighted by Gasteiger charge is 2.22. The lowest BCUT2D eigenvalue weighted by Gasteiger charge is -2.14. The van der Waals surface area contributed by atoms with Crippen LogP contribution in [0.1, 0.15) is 17.4 Å². The van der Waals surface area contributed by atoms with Gasteiger partial charge in [-0.1, -0.05) is 29.8 Å². The molecule has 0 aliphatic heterocycles. The molecule has 7 nitrogen and oxygen atoms in total. The smallest absolute Gasteiger partial charge is 0.192 e. The largest absolute Gasteiger partial charge is 0.439 e. The van der Waals surface area contributed by atoms with Gasteiger partial charge in [0.05, 0.1) is 16.3 Å². The van der Waals surface area contributed by atoms with Crippen molar-refractivity contribution in [3.8, 4) is 39.5 Å². The Morgan fingerprint density at radius 1 is 0.944 bits per heavy atom. The van der Waals surface area contributed by atoms with Gasteiger partial charge in [0.2, 0.25) is 0 Å². The van der Waals surface area contributed by atoms with Crippen molar-refractivity contribution < 1.29 is 12.8 Å². The van der Waals surface area contributed by atoms with Gasteiger partial charge >= 0.3 is 0 Å². The number of nitrogens with zero attached hydrogens (tertiary/aromatic N) is 4. The molecule has 0 saturated carbocycles. The molecule has 0 amide bonds. The molecule has 0 unspecified atom stereocenters. The summed E-state index contributed by atoms with van der Waals surface area (Å²) in [6.45, 7) is 5.66. The molecule has 3 heterocycles. The summed E-state index contributed by atoms with van der Waals surface area (Å²) >= 11 is 6.24. The van der Waals surface area contributed by atoms with Crippen molar-refractivity contribution in [1.82, 2.24) is 19.5 Å². The van der Waals surface area contributed by atoms with Crippen molar-refractivity contribution in [3.05, 3.63) is 89.4 Å². The van der Waals surface area contributed by atoms with Crippen LogP contribution in [0.2, 0.25) is 5.02 Å². The van der Waals surface area contributed by atoms with E-state index in [1.54, 1.807) is 43.5 Å². The van der Waals surface area contributed by atoms with E-state index in [2.05, 4.69) is 9.97 Å². The summed E-state index contributed by atoms with van der Waals surface area (Å²) in [5.74, 6) is 1.80. The predicted molar refractivity (Wildman–Crippen MR) is 140 cm³/mol. The lowest BCUT2D eigenvalue weighted by Crippen LogP contribution is -2.00. The van der Waals surface area contributed by atoms with Crippen LogP contribution in [-0.4, -0.2) is 34.2 Å². The average Bonchev–Trinajstić information content (AvgIpc) is 3.39. The first-order valence-electron chi connectivity index (χ1n) is 11.2. The number of rotatable bonds is 5. The van der Waals surface area contributed by atoms with Crippen LogP contribution in [0.3, 0.4) is 0 Å². The van der Waals surface area contributed by atoms with Gasteiger partial charge in [-0.2, -0.15) is 0 Å². The molecule has 0 aliphatic rings. The zero-order valence-electron chi connectivity index (χ0n) is 20.2. The zero-order valence-corrected chi connectivity index (χ0v) is 21.7. The van der Waals surface area contributed by atoms with Gasteiger partial charge in [0.1, 0.15) is 17.2 Å². The van der Waals surface area contributed by atoms with Crippen LogP contribution in [0.25, 0.3) is 39.5 Å². The molecule has 0 bridgehead atoms. The fourth-order valence-electron chi connectivity index (χ4n) is 4.20. The third-order valence-electron chi connectivity index (χ3n) is 5.80. The number of aryl methyl sites for hydroxylation is 3. The Balaban J connectivity index is 1.78. The third kappa shape index (κ3) is 4.57. The third-order valence-corrected chi connectivity index (χ3v) is 7.14. The number of halogens is 1. The zero-order chi connectivity index (χ0) is 25.6. The highest BCUT2D eigenvalue weighted by molar-refractivity contribution is 7.90. The molecule has 5 rings (SSSR count). The van der Waals surface area contributed by atoms with Gasteiger partial charge in [0, 0.05) is 36.2 Å². The van der Waals surface area contributed by atoms with Crippen LogP contribution in [-0.2, 0) is 9.84 Å². The monoisotopic (exact) mass is 518 g/mol. The first-order valence-corrected chi connectivity index (χ1v) is 13.4. The molecule has 0 radical (unpaired) electrons. The molecule has 0 atom stereocenters. The average molecular weight is 519 g/mol. The molecule has 182 valence electrons. The summed E-state index contributed by atoms with van der Waals surface area (Å²) in [5.41, 5.74) is 5.29. The van der Waals surface area contributed by atoms with Crippen LogP contribution >= 0.6 is 11.6 Å². The Hall–Kier alpha value is -3.75. The van der Waals surface area contributed by atoms with E-state index >= 15 is 0 Å². The second kappa shape index (κ2) is 9.04. The van der Waals surface area contributed by atoms with Crippen molar-refractivity contribution in [2.75, 3.05) is 6.26 Å². The quantitative estimate of drug-likeness (QED) is 0.273. The number of hydrogen-bond acceptors (Lipinski definition) is 6. The predicted octanol–water partition coefficient (Wildman–Crippen LogP) is 6.24. The number of sulfone groups is 1. The highest BCUT2D eigenvalue weighted by atomic mass is 35.5. The van der Waals surface area contributed by atoms with E-state index in [1.807, 2.05) is 48.9 Å². The molecule has 0 N–H and O–H groups in total. The SMILES string of the molecule is Cc1cn(-c2ccc(-c3cccc(S(C)(=O)=O)c3)cc2-c2nc(C)oc2-c2cc(Cl)ccn2)c(C)n1. The molecule has 0 saturated heterocycles. The maximum absolute atomic E-state index is 12.2. The highest BCUT2D eigenvalue weighted by Crippen LogP contribution is 2.38. The Morgan fingerprint density at radius 2 is 1.72 bits per heavy atom. The molecular formula is C27H23ClN4O3S. The molecule has 3 aromatic heterocycles. The molecule has 36 heavy (non-hydrogen) atoms. The maximum atomic E-state index is 12.2. The number of hydrogen-bond donors (Lipinski definition) is 0. The number of imidazole rings is 1. The van der Waals surface area contributed by atoms with Crippen LogP contribution in [0.5, 0.6) is 0 Å². The lowest BCUT2D eigenvalue weighted by atomic mass is 9.98. The van der Waals surface area contributed by atoms with Gasteiger partial charge in [-0.25, -0.2) is 18.4 Å². The minimum atomic E-state index is -3.35. The van der Waals surface area contributed by atoms with E-state index in [-0.39, 0.29) is 4.90 Å². The van der Waals surface area contributed by atoms with Gasteiger partial charge < -0.3 is 8.98 Å². The van der Waals surface area contributed by atoms with Crippen molar-refractivity contribution in [3.63, 3.8) is 0 Å². The molecule has 2 aromatic carbocycles. The topological polar surface area (TPSA) is 90.9 Å². The fraction of sp³-hybridized carbons (Fsp3) is 0.148. The van der Waals surface area contributed by atoms with Crippen LogP contribution in [0.4, 0.5) is 0 Å². The van der Waals surface area contributed by atoms with Gasteiger partial charge in [0.25, 0.3) is 0 Å². The van der Waals surface area contributed by atoms with Crippen molar-refractivity contribution >= 4 is 21.4 Å². The number of oxazole rings is 1. The molecule has 0 fully saturated rings. The first kappa shape index (κ1) is 24.0. The van der Waals surface area contributed by atoms with Crippen molar-refractivity contribution in [2.45, 2.75) is 25.7 Å². The van der Waals surface area contributed by atoms with Gasteiger partial charge in [-0.15, -0.1) is 0 Å². The van der Waals surface area contributed by atoms with Gasteiger partial charge in [-0.05, 0) is 61.4 Å². The summed E-state index contributed by atoms with van der Waals surface area (Å²) < 4.78 is 32.3. The molecular weight excluding hydrogens is 496 g/mol. The van der Waals surface area contributed by atoms with Crippen molar-refractivity contribution in [1.29, 1.82) is 0 Å². The number of aromatic nitrogens is 4. The second-order valence-electron chi connectivity index (χ2n) is 8.60. The summed E-state index contributed by atoms with van der Waals surface area (Å²) in [6.07, 6.45) is 4.78. The Morgan fingerprint density at radius 3 is 2.42 bits per heavy atom. The van der Waals surface area contributed by atoms with Crippen LogP contribution in [0, 0.1) is 20.8 Å². The van der Waals surface area contributed by atoms with Crippen molar-refractivity contribution in [2.24, 2.45) is 0 Å². The Labute approximate surface area is 214 Å². The summed E-state index contributed by atoms with van der Waals surface area (Å²) in [4.78, 5) is 14.0. The molecule has 5 aromatic rings. The van der Waals surface area contributed by atoms with E-state index in [0.29, 0.717) is 28.1 Å². The number of benzene rings is 2. The van der Waals surface area contributed by atoms with E-state index < -0.39 is 9.84 Å².